The molecule has 0 aliphatic rings. The third kappa shape index (κ3) is 3.22. The second-order valence-electron chi connectivity index (χ2n) is 4.80. The highest BCUT2D eigenvalue weighted by molar-refractivity contribution is 9.10. The quantitative estimate of drug-likeness (QED) is 0.433. The van der Waals surface area contributed by atoms with E-state index in [-0.39, 0.29) is 8.46 Å². The largest absolute Gasteiger partial charge is 0.269 e. The molecule has 0 atom stereocenters. The van der Waals surface area contributed by atoms with Crippen molar-refractivity contribution in [3.8, 4) is 22.3 Å². The van der Waals surface area contributed by atoms with Crippen LogP contribution >= 0.6 is 40.3 Å². The summed E-state index contributed by atoms with van der Waals surface area (Å²) in [6.07, 6.45) is 0. The van der Waals surface area contributed by atoms with Gasteiger partial charge in [-0.1, -0.05) is 68.3 Å². The lowest BCUT2D eigenvalue weighted by atomic mass is 9.94. The molecule has 0 saturated heterocycles. The Kier molecular flexibility index (Phi) is 4.87. The normalized spacial score (nSPS) is 10.8. The maximum absolute atomic E-state index is 11.6. The molecule has 0 spiro atoms. The molecule has 0 bridgehead atoms. The Morgan fingerprint density at radius 2 is 1.23 bits per heavy atom. The van der Waals surface area contributed by atoms with E-state index in [1.807, 2.05) is 48.5 Å². The fourth-order valence-electron chi connectivity index (χ4n) is 2.41. The van der Waals surface area contributed by atoms with Gasteiger partial charge in [0.2, 0.25) is 0 Å². The third-order valence-electron chi connectivity index (χ3n) is 3.43. The van der Waals surface area contributed by atoms with Gasteiger partial charge in [0.15, 0.2) is 8.46 Å². The van der Waals surface area contributed by atoms with Gasteiger partial charge in [-0.15, -0.1) is 0 Å². The topological polar surface area (TPSA) is 17.1 Å². The Bertz CT molecular complexity index is 811. The number of hydrogen-bond donors (Lipinski definition) is 0. The molecule has 0 saturated carbocycles. The van der Waals surface area contributed by atoms with Crippen LogP contribution in [0.5, 0.6) is 0 Å². The van der Waals surface area contributed by atoms with E-state index in [2.05, 4.69) is 50.1 Å². The van der Waals surface area contributed by atoms with Crippen LogP contribution in [-0.2, 0) is 4.57 Å². The van der Waals surface area contributed by atoms with Crippen LogP contribution < -0.4 is 5.30 Å². The monoisotopic (exact) mass is 432 g/mol. The predicted molar refractivity (Wildman–Crippen MR) is 100.0 cm³/mol. The maximum Gasteiger partial charge on any atom is 0.192 e. The van der Waals surface area contributed by atoms with Crippen LogP contribution in [0.15, 0.2) is 75.7 Å². The van der Waals surface area contributed by atoms with Crippen LogP contribution in [0.25, 0.3) is 22.3 Å². The van der Waals surface area contributed by atoms with E-state index in [0.29, 0.717) is 0 Å². The van der Waals surface area contributed by atoms with Gasteiger partial charge >= 0.3 is 0 Å². The van der Waals surface area contributed by atoms with Crippen molar-refractivity contribution >= 4 is 45.6 Å². The Balaban J connectivity index is 2.24. The SMILES string of the molecule is O=Pc1cccc(-c2ccc(Br)cc2)c1-c1ccc(Br)cc1. The van der Waals surface area contributed by atoms with Gasteiger partial charge in [0, 0.05) is 14.5 Å². The molecule has 0 radical (unpaired) electrons. The van der Waals surface area contributed by atoms with Crippen LogP contribution in [0.4, 0.5) is 0 Å². The van der Waals surface area contributed by atoms with Gasteiger partial charge in [0.1, 0.15) is 0 Å². The smallest absolute Gasteiger partial charge is 0.192 e. The van der Waals surface area contributed by atoms with Crippen LogP contribution in [0.3, 0.4) is 0 Å². The minimum Gasteiger partial charge on any atom is -0.269 e. The van der Waals surface area contributed by atoms with Gasteiger partial charge in [-0.25, -0.2) is 0 Å². The Hall–Kier alpha value is -1.28. The zero-order chi connectivity index (χ0) is 15.5. The molecular weight excluding hydrogens is 423 g/mol. The van der Waals surface area contributed by atoms with Crippen molar-refractivity contribution in [3.05, 3.63) is 75.7 Å². The van der Waals surface area contributed by atoms with Gasteiger partial charge in [0.25, 0.3) is 0 Å². The van der Waals surface area contributed by atoms with Gasteiger partial charge in [0.05, 0.1) is 5.30 Å². The van der Waals surface area contributed by atoms with Crippen LogP contribution in [0.2, 0.25) is 0 Å². The first kappa shape index (κ1) is 15.6. The number of halogens is 2. The maximum atomic E-state index is 11.6. The van der Waals surface area contributed by atoms with Crippen molar-refractivity contribution in [2.24, 2.45) is 0 Å². The molecule has 0 amide bonds. The molecule has 1 nitrogen and oxygen atoms in total. The van der Waals surface area contributed by atoms with Crippen molar-refractivity contribution in [3.63, 3.8) is 0 Å². The standard InChI is InChI=1S/C18H11Br2OP/c19-14-8-4-12(5-9-14)16-2-1-3-17(22-21)18(16)13-6-10-15(20)11-7-13/h1-11H. The highest BCUT2D eigenvalue weighted by Gasteiger charge is 2.12. The second kappa shape index (κ2) is 6.87. The number of rotatable bonds is 3. The van der Waals surface area contributed by atoms with Crippen LogP contribution in [0.1, 0.15) is 0 Å². The zero-order valence-corrected chi connectivity index (χ0v) is 15.5. The van der Waals surface area contributed by atoms with Gasteiger partial charge in [-0.05, 0) is 47.0 Å². The lowest BCUT2D eigenvalue weighted by Crippen LogP contribution is -2.00. The minimum atomic E-state index is 0.0275. The molecule has 3 rings (SSSR count). The first-order valence-electron chi connectivity index (χ1n) is 6.67. The van der Waals surface area contributed by atoms with Crippen molar-refractivity contribution in [2.75, 3.05) is 0 Å². The fourth-order valence-corrected chi connectivity index (χ4v) is 3.42. The van der Waals surface area contributed by atoms with Gasteiger partial charge in [-0.2, -0.15) is 0 Å². The van der Waals surface area contributed by atoms with Crippen LogP contribution in [0, 0.1) is 0 Å². The molecule has 0 heterocycles. The Morgan fingerprint density at radius 1 is 0.682 bits per heavy atom. The first-order valence-corrected chi connectivity index (χ1v) is 9.07. The molecule has 0 N–H and O–H groups in total. The van der Waals surface area contributed by atoms with Crippen molar-refractivity contribution < 1.29 is 4.57 Å². The lowest BCUT2D eigenvalue weighted by molar-refractivity contribution is 0.603. The van der Waals surface area contributed by atoms with Crippen molar-refractivity contribution in [2.45, 2.75) is 0 Å². The molecule has 0 unspecified atom stereocenters. The highest BCUT2D eigenvalue weighted by atomic mass is 79.9. The van der Waals surface area contributed by atoms with E-state index in [4.69, 9.17) is 0 Å². The predicted octanol–water partition coefficient (Wildman–Crippen LogP) is 6.46. The molecule has 3 aromatic rings. The van der Waals surface area contributed by atoms with E-state index >= 15 is 0 Å². The van der Waals surface area contributed by atoms with Crippen molar-refractivity contribution in [1.29, 1.82) is 0 Å². The fraction of sp³-hybridized carbons (Fsp3) is 0. The Morgan fingerprint density at radius 3 is 1.77 bits per heavy atom. The van der Waals surface area contributed by atoms with Gasteiger partial charge < -0.3 is 0 Å². The molecule has 22 heavy (non-hydrogen) atoms. The molecule has 3 aromatic carbocycles. The van der Waals surface area contributed by atoms with Crippen LogP contribution in [-0.4, -0.2) is 0 Å². The lowest BCUT2D eigenvalue weighted by Gasteiger charge is -2.12. The number of benzene rings is 3. The minimum absolute atomic E-state index is 0.0275. The molecule has 0 aliphatic carbocycles. The first-order chi connectivity index (χ1) is 10.7. The van der Waals surface area contributed by atoms with E-state index in [1.165, 1.54) is 0 Å². The zero-order valence-electron chi connectivity index (χ0n) is 11.5. The molecule has 108 valence electrons. The average Bonchev–Trinajstić information content (AvgIpc) is 2.56. The van der Waals surface area contributed by atoms with E-state index < -0.39 is 0 Å². The molecule has 0 aliphatic heterocycles. The Labute approximate surface area is 147 Å². The molecule has 4 heteroatoms. The summed E-state index contributed by atoms with van der Waals surface area (Å²) < 4.78 is 13.7. The van der Waals surface area contributed by atoms with E-state index in [0.717, 1.165) is 36.5 Å². The third-order valence-corrected chi connectivity index (χ3v) is 5.06. The second-order valence-corrected chi connectivity index (χ2v) is 7.30. The summed E-state index contributed by atoms with van der Waals surface area (Å²) in [7, 11) is 0.0275. The van der Waals surface area contributed by atoms with Gasteiger partial charge in [-0.3, -0.25) is 4.57 Å². The number of hydrogen-bond acceptors (Lipinski definition) is 1. The summed E-state index contributed by atoms with van der Waals surface area (Å²) in [5.74, 6) is 0. The van der Waals surface area contributed by atoms with E-state index in [1.54, 1.807) is 0 Å². The summed E-state index contributed by atoms with van der Waals surface area (Å²) >= 11 is 6.92. The summed E-state index contributed by atoms with van der Waals surface area (Å²) in [4.78, 5) is 0. The summed E-state index contributed by atoms with van der Waals surface area (Å²) in [5, 5.41) is 0.794. The highest BCUT2D eigenvalue weighted by Crippen LogP contribution is 2.33. The van der Waals surface area contributed by atoms with Crippen molar-refractivity contribution in [1.82, 2.24) is 0 Å². The molecular formula is C18H11Br2OP. The summed E-state index contributed by atoms with van der Waals surface area (Å²) in [5.41, 5.74) is 4.25. The summed E-state index contributed by atoms with van der Waals surface area (Å²) in [6, 6.07) is 22.1. The average molecular weight is 434 g/mol. The van der Waals surface area contributed by atoms with E-state index in [9.17, 15) is 4.57 Å². The molecule has 0 aromatic heterocycles. The summed E-state index contributed by atoms with van der Waals surface area (Å²) in [6.45, 7) is 0. The molecule has 0 fully saturated rings.